The van der Waals surface area contributed by atoms with E-state index in [4.69, 9.17) is 10.00 Å². The average Bonchev–Trinajstić information content (AvgIpc) is 2.59. The molecule has 0 saturated carbocycles. The lowest BCUT2D eigenvalue weighted by molar-refractivity contribution is 0.135. The standard InChI is InChI=1S/C13H18N2O/c1-4-6-12(7-5-2)16-13-8-11(3)15(9-13)10-14/h4-7,11,13H,1,8-9H2,2-3H3/b7-5-,12-6+. The van der Waals surface area contributed by atoms with Crippen molar-refractivity contribution in [1.29, 1.82) is 5.26 Å². The van der Waals surface area contributed by atoms with Crippen molar-refractivity contribution in [3.05, 3.63) is 36.6 Å². The first kappa shape index (κ1) is 12.4. The van der Waals surface area contributed by atoms with Crippen molar-refractivity contribution in [2.24, 2.45) is 0 Å². The van der Waals surface area contributed by atoms with Gasteiger partial charge in [-0.15, -0.1) is 0 Å². The Hall–Kier alpha value is -1.69. The van der Waals surface area contributed by atoms with Crippen molar-refractivity contribution >= 4 is 0 Å². The summed E-state index contributed by atoms with van der Waals surface area (Å²) in [4.78, 5) is 1.76. The number of hydrogen-bond acceptors (Lipinski definition) is 3. The van der Waals surface area contributed by atoms with E-state index in [1.165, 1.54) is 0 Å². The maximum Gasteiger partial charge on any atom is 0.179 e. The summed E-state index contributed by atoms with van der Waals surface area (Å²) in [6.07, 6.45) is 10.5. The molecule has 3 nitrogen and oxygen atoms in total. The molecule has 86 valence electrons. The lowest BCUT2D eigenvalue weighted by Gasteiger charge is -2.13. The second-order valence-electron chi connectivity index (χ2n) is 3.88. The van der Waals surface area contributed by atoms with Gasteiger partial charge in [-0.2, -0.15) is 5.26 Å². The summed E-state index contributed by atoms with van der Waals surface area (Å²) in [5.41, 5.74) is 0. The first-order chi connectivity index (χ1) is 7.71. The number of likely N-dealkylation sites (tertiary alicyclic amines) is 1. The number of nitrogens with zero attached hydrogens (tertiary/aromatic N) is 2. The number of rotatable bonds is 4. The highest BCUT2D eigenvalue weighted by molar-refractivity contribution is 5.17. The number of ether oxygens (including phenoxy) is 1. The molecule has 1 aliphatic rings. The molecule has 0 N–H and O–H groups in total. The number of hydrogen-bond donors (Lipinski definition) is 0. The third-order valence-corrected chi connectivity index (χ3v) is 2.58. The zero-order valence-electron chi connectivity index (χ0n) is 9.89. The molecule has 0 aromatic heterocycles. The molecule has 2 unspecified atom stereocenters. The summed E-state index contributed by atoms with van der Waals surface area (Å²) >= 11 is 0. The highest BCUT2D eigenvalue weighted by Gasteiger charge is 2.29. The Kier molecular flexibility index (Phi) is 4.65. The van der Waals surface area contributed by atoms with Gasteiger partial charge >= 0.3 is 0 Å². The minimum atomic E-state index is 0.0945. The highest BCUT2D eigenvalue weighted by Crippen LogP contribution is 2.21. The van der Waals surface area contributed by atoms with Gasteiger partial charge in [-0.25, -0.2) is 0 Å². The molecular formula is C13H18N2O. The summed E-state index contributed by atoms with van der Waals surface area (Å²) in [5.74, 6) is 0.800. The molecule has 0 bridgehead atoms. The molecule has 16 heavy (non-hydrogen) atoms. The van der Waals surface area contributed by atoms with Gasteiger partial charge in [-0.1, -0.05) is 18.7 Å². The van der Waals surface area contributed by atoms with Crippen LogP contribution in [0.5, 0.6) is 0 Å². The van der Waals surface area contributed by atoms with Gasteiger partial charge in [0.1, 0.15) is 11.9 Å². The van der Waals surface area contributed by atoms with Gasteiger partial charge in [0, 0.05) is 12.5 Å². The van der Waals surface area contributed by atoms with Crippen molar-refractivity contribution in [2.75, 3.05) is 6.54 Å². The molecule has 3 heteroatoms. The molecule has 1 heterocycles. The van der Waals surface area contributed by atoms with E-state index in [2.05, 4.69) is 12.8 Å². The Labute approximate surface area is 97.3 Å². The third-order valence-electron chi connectivity index (χ3n) is 2.58. The van der Waals surface area contributed by atoms with Crippen molar-refractivity contribution in [1.82, 2.24) is 4.90 Å². The molecule has 1 rings (SSSR count). The fourth-order valence-electron chi connectivity index (χ4n) is 1.81. The summed E-state index contributed by atoms with van der Waals surface area (Å²) in [5, 5.41) is 8.87. The fourth-order valence-corrected chi connectivity index (χ4v) is 1.81. The Morgan fingerprint density at radius 1 is 1.62 bits per heavy atom. The maximum atomic E-state index is 8.87. The van der Waals surface area contributed by atoms with Crippen molar-refractivity contribution in [2.45, 2.75) is 32.4 Å². The second kappa shape index (κ2) is 6.02. The van der Waals surface area contributed by atoms with Crippen LogP contribution in [0, 0.1) is 11.5 Å². The van der Waals surface area contributed by atoms with Crippen LogP contribution in [0.3, 0.4) is 0 Å². The molecule has 0 aliphatic carbocycles. The quantitative estimate of drug-likeness (QED) is 0.413. The van der Waals surface area contributed by atoms with Gasteiger partial charge in [0.2, 0.25) is 0 Å². The van der Waals surface area contributed by atoms with Crippen LogP contribution in [0.15, 0.2) is 36.6 Å². The molecule has 0 aromatic carbocycles. The van der Waals surface area contributed by atoms with Crippen LogP contribution < -0.4 is 0 Å². The Balaban J connectivity index is 2.58. The van der Waals surface area contributed by atoms with E-state index in [1.54, 1.807) is 11.0 Å². The SMILES string of the molecule is C=C/C=C(\C=C/C)OC1CC(C)N(C#N)C1. The van der Waals surface area contributed by atoms with E-state index >= 15 is 0 Å². The van der Waals surface area contributed by atoms with Gasteiger partial charge in [0.25, 0.3) is 0 Å². The van der Waals surface area contributed by atoms with E-state index in [0.717, 1.165) is 12.2 Å². The summed E-state index contributed by atoms with van der Waals surface area (Å²) in [6, 6.07) is 0.269. The van der Waals surface area contributed by atoms with Crippen molar-refractivity contribution in [3.8, 4) is 6.19 Å². The van der Waals surface area contributed by atoms with Crippen molar-refractivity contribution < 1.29 is 4.74 Å². The smallest absolute Gasteiger partial charge is 0.179 e. The van der Waals surface area contributed by atoms with Gasteiger partial charge < -0.3 is 9.64 Å². The average molecular weight is 218 g/mol. The Morgan fingerprint density at radius 3 is 2.88 bits per heavy atom. The van der Waals surface area contributed by atoms with Gasteiger partial charge in [0.05, 0.1) is 6.54 Å². The van der Waals surface area contributed by atoms with E-state index < -0.39 is 0 Å². The van der Waals surface area contributed by atoms with Crippen LogP contribution >= 0.6 is 0 Å². The van der Waals surface area contributed by atoms with E-state index in [1.807, 2.05) is 32.1 Å². The molecule has 0 amide bonds. The molecule has 1 fully saturated rings. The Bertz CT molecular complexity index is 338. The lowest BCUT2D eigenvalue weighted by atomic mass is 10.2. The second-order valence-corrected chi connectivity index (χ2v) is 3.88. The largest absolute Gasteiger partial charge is 0.488 e. The first-order valence-corrected chi connectivity index (χ1v) is 5.49. The predicted molar refractivity (Wildman–Crippen MR) is 64.4 cm³/mol. The van der Waals surface area contributed by atoms with E-state index in [9.17, 15) is 0 Å². The number of allylic oxidation sites excluding steroid dienone is 4. The van der Waals surface area contributed by atoms with Gasteiger partial charge in [-0.3, -0.25) is 0 Å². The Morgan fingerprint density at radius 2 is 2.38 bits per heavy atom. The van der Waals surface area contributed by atoms with Crippen molar-refractivity contribution in [3.63, 3.8) is 0 Å². The van der Waals surface area contributed by atoms with Crippen LogP contribution in [-0.4, -0.2) is 23.6 Å². The predicted octanol–water partition coefficient (Wildman–Crippen LogP) is 2.59. The summed E-state index contributed by atoms with van der Waals surface area (Å²) < 4.78 is 5.80. The van der Waals surface area contributed by atoms with E-state index in [-0.39, 0.29) is 12.1 Å². The molecule has 0 radical (unpaired) electrons. The van der Waals surface area contributed by atoms with Crippen LogP contribution in [0.4, 0.5) is 0 Å². The molecule has 1 saturated heterocycles. The minimum absolute atomic E-state index is 0.0945. The maximum absolute atomic E-state index is 8.87. The van der Waals surface area contributed by atoms with Gasteiger partial charge in [0.15, 0.2) is 6.19 Å². The summed E-state index contributed by atoms with van der Waals surface area (Å²) in [7, 11) is 0. The molecule has 1 aliphatic heterocycles. The van der Waals surface area contributed by atoms with Crippen LogP contribution in [0.1, 0.15) is 20.3 Å². The third kappa shape index (κ3) is 3.16. The minimum Gasteiger partial charge on any atom is -0.488 e. The first-order valence-electron chi connectivity index (χ1n) is 5.49. The number of nitriles is 1. The lowest BCUT2D eigenvalue weighted by Crippen LogP contribution is -2.22. The fraction of sp³-hybridized carbons (Fsp3) is 0.462. The normalized spacial score (nSPS) is 25.8. The molecule has 0 spiro atoms. The van der Waals surface area contributed by atoms with E-state index in [0.29, 0.717) is 6.54 Å². The van der Waals surface area contributed by atoms with Crippen LogP contribution in [0.25, 0.3) is 0 Å². The topological polar surface area (TPSA) is 36.3 Å². The molecule has 2 atom stereocenters. The van der Waals surface area contributed by atoms with Gasteiger partial charge in [-0.05, 0) is 26.0 Å². The monoisotopic (exact) mass is 218 g/mol. The molecular weight excluding hydrogens is 200 g/mol. The zero-order valence-corrected chi connectivity index (χ0v) is 9.89. The highest BCUT2D eigenvalue weighted by atomic mass is 16.5. The zero-order chi connectivity index (χ0) is 12.0. The molecule has 0 aromatic rings. The van der Waals surface area contributed by atoms with Crippen LogP contribution in [-0.2, 0) is 4.74 Å². The van der Waals surface area contributed by atoms with Crippen LogP contribution in [0.2, 0.25) is 0 Å². The summed E-state index contributed by atoms with van der Waals surface area (Å²) in [6.45, 7) is 8.31.